The van der Waals surface area contributed by atoms with Gasteiger partial charge in [0.05, 0.1) is 11.4 Å². The normalized spacial score (nSPS) is 10.5. The monoisotopic (exact) mass is 260 g/mol. The number of anilines is 2. The summed E-state index contributed by atoms with van der Waals surface area (Å²) in [6.45, 7) is 5.43. The standard InChI is InChI=1S/C12H16N6O/c1-6-5-7(2)15-12(14-6)16-11(19)10-9(13)8(3)17-18(10)4/h5H,13H2,1-4H3,(H,14,15,16,19). The Balaban J connectivity index is 2.30. The maximum Gasteiger partial charge on any atom is 0.278 e. The van der Waals surface area contributed by atoms with E-state index in [1.807, 2.05) is 19.9 Å². The van der Waals surface area contributed by atoms with Gasteiger partial charge in [-0.05, 0) is 26.8 Å². The van der Waals surface area contributed by atoms with Crippen molar-refractivity contribution in [3.05, 3.63) is 28.8 Å². The zero-order valence-corrected chi connectivity index (χ0v) is 11.4. The molecule has 3 N–H and O–H groups in total. The first-order chi connectivity index (χ1) is 8.88. The van der Waals surface area contributed by atoms with E-state index >= 15 is 0 Å². The van der Waals surface area contributed by atoms with Gasteiger partial charge in [-0.3, -0.25) is 14.8 Å². The molecule has 0 unspecified atom stereocenters. The summed E-state index contributed by atoms with van der Waals surface area (Å²) in [5.74, 6) is -0.105. The Hall–Kier alpha value is -2.44. The predicted molar refractivity (Wildman–Crippen MR) is 71.8 cm³/mol. The van der Waals surface area contributed by atoms with Gasteiger partial charge in [0.25, 0.3) is 5.91 Å². The van der Waals surface area contributed by atoms with Crippen LogP contribution in [-0.2, 0) is 7.05 Å². The largest absolute Gasteiger partial charge is 0.395 e. The van der Waals surface area contributed by atoms with E-state index in [0.717, 1.165) is 11.4 Å². The Bertz CT molecular complexity index is 626. The van der Waals surface area contributed by atoms with Gasteiger partial charge in [0.2, 0.25) is 5.95 Å². The van der Waals surface area contributed by atoms with Gasteiger partial charge in [-0.25, -0.2) is 9.97 Å². The number of nitrogen functional groups attached to an aromatic ring is 1. The maximum absolute atomic E-state index is 12.2. The van der Waals surface area contributed by atoms with Crippen LogP contribution in [0.1, 0.15) is 27.6 Å². The summed E-state index contributed by atoms with van der Waals surface area (Å²) in [5, 5.41) is 6.73. The Labute approximate surface area is 110 Å². The molecule has 7 nitrogen and oxygen atoms in total. The third kappa shape index (κ3) is 2.54. The zero-order chi connectivity index (χ0) is 14.2. The summed E-state index contributed by atoms with van der Waals surface area (Å²) in [7, 11) is 1.67. The first-order valence-electron chi connectivity index (χ1n) is 5.81. The van der Waals surface area contributed by atoms with E-state index in [0.29, 0.717) is 17.1 Å². The molecule has 7 heteroatoms. The fourth-order valence-electron chi connectivity index (χ4n) is 1.89. The van der Waals surface area contributed by atoms with Crippen molar-refractivity contribution in [1.82, 2.24) is 19.7 Å². The van der Waals surface area contributed by atoms with Gasteiger partial charge in [-0.1, -0.05) is 0 Å². The fourth-order valence-corrected chi connectivity index (χ4v) is 1.89. The lowest BCUT2D eigenvalue weighted by Crippen LogP contribution is -2.19. The van der Waals surface area contributed by atoms with Gasteiger partial charge in [0.1, 0.15) is 5.69 Å². The highest BCUT2D eigenvalue weighted by atomic mass is 16.2. The lowest BCUT2D eigenvalue weighted by atomic mass is 10.3. The Morgan fingerprint density at radius 2 is 1.84 bits per heavy atom. The van der Waals surface area contributed by atoms with E-state index < -0.39 is 0 Å². The summed E-state index contributed by atoms with van der Waals surface area (Å²) in [4.78, 5) is 20.5. The van der Waals surface area contributed by atoms with Crippen LogP contribution in [0, 0.1) is 20.8 Å². The van der Waals surface area contributed by atoms with Crippen molar-refractivity contribution in [2.45, 2.75) is 20.8 Å². The molecule has 0 atom stereocenters. The third-order valence-electron chi connectivity index (χ3n) is 2.69. The van der Waals surface area contributed by atoms with Crippen LogP contribution in [0.5, 0.6) is 0 Å². The molecule has 2 aromatic heterocycles. The molecule has 0 aliphatic heterocycles. The second-order valence-electron chi connectivity index (χ2n) is 4.40. The maximum atomic E-state index is 12.2. The lowest BCUT2D eigenvalue weighted by molar-refractivity contribution is 0.101. The first kappa shape index (κ1) is 13.0. The molecule has 2 rings (SSSR count). The van der Waals surface area contributed by atoms with Gasteiger partial charge in [0, 0.05) is 18.4 Å². The van der Waals surface area contributed by atoms with Crippen molar-refractivity contribution < 1.29 is 4.79 Å². The van der Waals surface area contributed by atoms with E-state index in [1.165, 1.54) is 4.68 Å². The highest BCUT2D eigenvalue weighted by Crippen LogP contribution is 2.16. The molecule has 19 heavy (non-hydrogen) atoms. The minimum absolute atomic E-state index is 0.265. The topological polar surface area (TPSA) is 98.7 Å². The number of aryl methyl sites for hydroxylation is 4. The number of carbonyl (C=O) groups is 1. The molecule has 2 aromatic rings. The van der Waals surface area contributed by atoms with Gasteiger partial charge in [0.15, 0.2) is 0 Å². The smallest absolute Gasteiger partial charge is 0.278 e. The fraction of sp³-hybridized carbons (Fsp3) is 0.333. The minimum Gasteiger partial charge on any atom is -0.395 e. The van der Waals surface area contributed by atoms with Gasteiger partial charge >= 0.3 is 0 Å². The number of nitrogens with zero attached hydrogens (tertiary/aromatic N) is 4. The Morgan fingerprint density at radius 1 is 1.26 bits per heavy atom. The number of nitrogens with one attached hydrogen (secondary N) is 1. The molecule has 0 saturated heterocycles. The van der Waals surface area contributed by atoms with E-state index in [-0.39, 0.29) is 11.9 Å². The second-order valence-corrected chi connectivity index (χ2v) is 4.40. The van der Waals surface area contributed by atoms with Gasteiger partial charge in [-0.2, -0.15) is 5.10 Å². The number of aromatic nitrogens is 4. The Morgan fingerprint density at radius 3 is 2.32 bits per heavy atom. The molecule has 0 saturated carbocycles. The van der Waals surface area contributed by atoms with Crippen LogP contribution in [0.3, 0.4) is 0 Å². The molecular formula is C12H16N6O. The van der Waals surface area contributed by atoms with Crippen LogP contribution in [0.25, 0.3) is 0 Å². The lowest BCUT2D eigenvalue weighted by Gasteiger charge is -2.06. The second kappa shape index (κ2) is 4.68. The molecule has 100 valence electrons. The molecule has 0 aliphatic carbocycles. The summed E-state index contributed by atoms with van der Waals surface area (Å²) in [5.41, 5.74) is 8.70. The molecule has 0 aromatic carbocycles. The molecule has 1 amide bonds. The average molecular weight is 260 g/mol. The van der Waals surface area contributed by atoms with Gasteiger partial charge < -0.3 is 5.73 Å². The zero-order valence-electron chi connectivity index (χ0n) is 11.4. The molecular weight excluding hydrogens is 244 g/mol. The first-order valence-corrected chi connectivity index (χ1v) is 5.81. The quantitative estimate of drug-likeness (QED) is 0.838. The van der Waals surface area contributed by atoms with E-state index in [2.05, 4.69) is 20.4 Å². The summed E-state index contributed by atoms with van der Waals surface area (Å²) in [6.07, 6.45) is 0. The number of nitrogens with two attached hydrogens (primary N) is 1. The summed E-state index contributed by atoms with van der Waals surface area (Å²) in [6, 6.07) is 1.83. The summed E-state index contributed by atoms with van der Waals surface area (Å²) >= 11 is 0. The molecule has 0 aliphatic rings. The van der Waals surface area contributed by atoms with Crippen molar-refractivity contribution in [1.29, 1.82) is 0 Å². The van der Waals surface area contributed by atoms with E-state index in [9.17, 15) is 4.79 Å². The van der Waals surface area contributed by atoms with E-state index in [4.69, 9.17) is 5.73 Å². The van der Waals surface area contributed by atoms with Gasteiger partial charge in [-0.15, -0.1) is 0 Å². The molecule has 0 fully saturated rings. The number of hydrogen-bond acceptors (Lipinski definition) is 5. The minimum atomic E-state index is -0.370. The van der Waals surface area contributed by atoms with Crippen LogP contribution in [0.4, 0.5) is 11.6 Å². The molecule has 0 spiro atoms. The van der Waals surface area contributed by atoms with Crippen molar-refractivity contribution >= 4 is 17.5 Å². The van der Waals surface area contributed by atoms with Crippen LogP contribution in [0.15, 0.2) is 6.07 Å². The van der Waals surface area contributed by atoms with Crippen LogP contribution < -0.4 is 11.1 Å². The predicted octanol–water partition coefficient (Wildman–Crippen LogP) is 0.970. The summed E-state index contributed by atoms with van der Waals surface area (Å²) < 4.78 is 1.45. The molecule has 2 heterocycles. The van der Waals surface area contributed by atoms with Crippen LogP contribution in [-0.4, -0.2) is 25.7 Å². The van der Waals surface area contributed by atoms with Crippen molar-refractivity contribution in [2.24, 2.45) is 7.05 Å². The highest BCUT2D eigenvalue weighted by Gasteiger charge is 2.18. The third-order valence-corrected chi connectivity index (χ3v) is 2.69. The Kier molecular flexibility index (Phi) is 3.20. The highest BCUT2D eigenvalue weighted by molar-refractivity contribution is 6.05. The van der Waals surface area contributed by atoms with E-state index in [1.54, 1.807) is 14.0 Å². The average Bonchev–Trinajstić information content (AvgIpc) is 2.51. The number of hydrogen-bond donors (Lipinski definition) is 2. The number of carbonyl (C=O) groups excluding carboxylic acids is 1. The molecule has 0 bridgehead atoms. The van der Waals surface area contributed by atoms with Crippen LogP contribution >= 0.6 is 0 Å². The van der Waals surface area contributed by atoms with Crippen LogP contribution in [0.2, 0.25) is 0 Å². The van der Waals surface area contributed by atoms with Crippen molar-refractivity contribution in [3.8, 4) is 0 Å². The SMILES string of the molecule is Cc1cc(C)nc(NC(=O)c2c(N)c(C)nn2C)n1. The molecule has 0 radical (unpaired) electrons. The van der Waals surface area contributed by atoms with Crippen molar-refractivity contribution in [3.63, 3.8) is 0 Å². The van der Waals surface area contributed by atoms with Crippen molar-refractivity contribution in [2.75, 3.05) is 11.1 Å². The number of amides is 1. The number of rotatable bonds is 2.